The highest BCUT2D eigenvalue weighted by atomic mass is 16.2. The molecule has 2 heterocycles. The Kier molecular flexibility index (Phi) is 9.04. The van der Waals surface area contributed by atoms with Crippen molar-refractivity contribution in [1.82, 2.24) is 15.6 Å². The second-order valence-corrected chi connectivity index (χ2v) is 7.27. The number of hydrazone groups is 1. The molecule has 6 nitrogen and oxygen atoms in total. The van der Waals surface area contributed by atoms with Gasteiger partial charge in [0, 0.05) is 29.8 Å². The molecule has 2 aliphatic heterocycles. The van der Waals surface area contributed by atoms with Gasteiger partial charge in [-0.1, -0.05) is 32.9 Å². The smallest absolute Gasteiger partial charge is 0.271 e. The Morgan fingerprint density at radius 1 is 1.43 bits per heavy atom. The number of carbonyl (C=O) groups is 1. The first-order chi connectivity index (χ1) is 13.3. The van der Waals surface area contributed by atoms with Crippen LogP contribution in [-0.4, -0.2) is 35.4 Å². The molecule has 0 bridgehead atoms. The molecule has 152 valence electrons. The number of amides is 1. The van der Waals surface area contributed by atoms with Gasteiger partial charge < -0.3 is 10.2 Å². The fourth-order valence-electron chi connectivity index (χ4n) is 3.13. The quantitative estimate of drug-likeness (QED) is 0.539. The zero-order valence-electron chi connectivity index (χ0n) is 18.4. The molecule has 1 atom stereocenters. The molecule has 1 saturated heterocycles. The van der Waals surface area contributed by atoms with Crippen molar-refractivity contribution in [2.45, 2.75) is 79.6 Å². The van der Waals surface area contributed by atoms with Crippen molar-refractivity contribution in [3.05, 3.63) is 35.2 Å². The van der Waals surface area contributed by atoms with Crippen LogP contribution in [0.25, 0.3) is 0 Å². The predicted molar refractivity (Wildman–Crippen MR) is 118 cm³/mol. The van der Waals surface area contributed by atoms with Gasteiger partial charge in [-0.3, -0.25) is 4.79 Å². The second kappa shape index (κ2) is 10.7. The molecular weight excluding hydrogens is 349 g/mol. The Labute approximate surface area is 170 Å². The summed E-state index contributed by atoms with van der Waals surface area (Å²) in [5.41, 5.74) is 6.50. The molecule has 0 aromatic heterocycles. The number of nitrogens with zero attached hydrogens (tertiary/aromatic N) is 3. The van der Waals surface area contributed by atoms with Crippen molar-refractivity contribution in [3.8, 4) is 5.97 Å². The van der Waals surface area contributed by atoms with Gasteiger partial charge in [0.1, 0.15) is 11.9 Å². The number of allylic oxidation sites excluding steroid dienone is 3. The third-order valence-corrected chi connectivity index (χ3v) is 4.85. The van der Waals surface area contributed by atoms with Crippen LogP contribution in [0, 0.1) is 11.2 Å². The zero-order chi connectivity index (χ0) is 21.4. The summed E-state index contributed by atoms with van der Waals surface area (Å²) >= 11 is 0. The van der Waals surface area contributed by atoms with E-state index >= 15 is 0 Å². The average Bonchev–Trinajstić information content (AvgIpc) is 2.64. The predicted octanol–water partition coefficient (Wildman–Crippen LogP) is 3.84. The molecule has 0 radical (unpaired) electrons. The number of carbonyl (C=O) groups excluding carboxylic acids is 1. The number of nitrogens with one attached hydrogen (secondary N) is 2. The molecular formula is C21H34BN5O. The van der Waals surface area contributed by atoms with E-state index in [0.717, 1.165) is 41.0 Å². The van der Waals surface area contributed by atoms with Gasteiger partial charge in [-0.2, -0.15) is 5.10 Å². The van der Waals surface area contributed by atoms with Gasteiger partial charge in [-0.15, -0.1) is 0 Å². The molecule has 0 spiro atoms. The van der Waals surface area contributed by atoms with Gasteiger partial charge in [0.05, 0.1) is 0 Å². The van der Waals surface area contributed by atoms with Crippen LogP contribution in [0.3, 0.4) is 0 Å². The Morgan fingerprint density at radius 3 is 2.50 bits per heavy atom. The van der Waals surface area contributed by atoms with Gasteiger partial charge in [0.2, 0.25) is 0 Å². The standard InChI is InChI=1S/C19H28BN5O.C2H6/c1-7-18-23-24-19(26)14(6)25(18)17(13(4)5)8-16(12(2)3)22-15-9-20(10-15)11-21;1-2/h8,14-15,22H,4,7,9-10H2,1-3,5-6H3,(H,24,26);1-2H3/b17-8+;. The fraction of sp³-hybridized carbons (Fsp3) is 0.571. The Balaban J connectivity index is 0.00000190. The van der Waals surface area contributed by atoms with Crippen molar-refractivity contribution < 1.29 is 4.79 Å². The zero-order valence-corrected chi connectivity index (χ0v) is 18.4. The van der Waals surface area contributed by atoms with Crippen LogP contribution in [0.1, 0.15) is 54.9 Å². The van der Waals surface area contributed by atoms with Crippen LogP contribution in [0.15, 0.2) is 40.3 Å². The number of nitriles is 1. The Bertz CT molecular complexity index is 722. The number of rotatable bonds is 6. The van der Waals surface area contributed by atoms with Gasteiger partial charge in [-0.25, -0.2) is 10.7 Å². The number of hydrogen-bond acceptors (Lipinski definition) is 5. The van der Waals surface area contributed by atoms with Crippen LogP contribution in [0.5, 0.6) is 0 Å². The van der Waals surface area contributed by atoms with Gasteiger partial charge in [0.15, 0.2) is 0 Å². The van der Waals surface area contributed by atoms with Crippen LogP contribution in [0.4, 0.5) is 0 Å². The summed E-state index contributed by atoms with van der Waals surface area (Å²) in [6.45, 7) is 18.2. The van der Waals surface area contributed by atoms with E-state index in [1.165, 1.54) is 0 Å². The topological polar surface area (TPSA) is 80.5 Å². The fourth-order valence-corrected chi connectivity index (χ4v) is 3.13. The number of hydrogen-bond donors (Lipinski definition) is 2. The van der Waals surface area contributed by atoms with Crippen molar-refractivity contribution >= 4 is 18.5 Å². The molecule has 1 amide bonds. The maximum absolute atomic E-state index is 12.1. The van der Waals surface area contributed by atoms with Crippen molar-refractivity contribution in [1.29, 1.82) is 5.26 Å². The first-order valence-electron chi connectivity index (χ1n) is 10.1. The minimum Gasteiger partial charge on any atom is -0.384 e. The lowest BCUT2D eigenvalue weighted by Crippen LogP contribution is -2.51. The van der Waals surface area contributed by atoms with Gasteiger partial charge in [-0.05, 0) is 52.0 Å². The summed E-state index contributed by atoms with van der Waals surface area (Å²) in [6.07, 6.45) is 4.50. The normalized spacial score (nSPS) is 19.4. The number of amidine groups is 1. The lowest BCUT2D eigenvalue weighted by molar-refractivity contribution is -0.124. The third-order valence-electron chi connectivity index (χ3n) is 4.85. The van der Waals surface area contributed by atoms with Crippen LogP contribution >= 0.6 is 0 Å². The van der Waals surface area contributed by atoms with Crippen molar-refractivity contribution in [3.63, 3.8) is 0 Å². The summed E-state index contributed by atoms with van der Waals surface area (Å²) in [5.74, 6) is 3.00. The minimum absolute atomic E-state index is 0.128. The largest absolute Gasteiger partial charge is 0.384 e. The summed E-state index contributed by atoms with van der Waals surface area (Å²) in [5, 5.41) is 16.7. The molecule has 0 saturated carbocycles. The molecule has 7 heteroatoms. The third kappa shape index (κ3) is 5.51. The lowest BCUT2D eigenvalue weighted by atomic mass is 9.34. The second-order valence-electron chi connectivity index (χ2n) is 7.27. The molecule has 1 unspecified atom stereocenters. The van der Waals surface area contributed by atoms with Gasteiger partial charge >= 0.3 is 0 Å². The van der Waals surface area contributed by atoms with E-state index in [1.54, 1.807) is 0 Å². The Morgan fingerprint density at radius 2 is 2.04 bits per heavy atom. The summed E-state index contributed by atoms with van der Waals surface area (Å²) < 4.78 is 0. The monoisotopic (exact) mass is 383 g/mol. The molecule has 0 aromatic rings. The van der Waals surface area contributed by atoms with E-state index in [1.807, 2.05) is 39.5 Å². The summed E-state index contributed by atoms with van der Waals surface area (Å²) in [4.78, 5) is 14.1. The lowest BCUT2D eigenvalue weighted by Gasteiger charge is -2.36. The SMILES string of the molecule is C=C(C)/C(=C\C(NC1CB(C#N)C1)=C(C)C)N1C(CC)=NNC(=O)C1C.CC. The highest BCUT2D eigenvalue weighted by Crippen LogP contribution is 2.26. The average molecular weight is 383 g/mol. The molecule has 1 fully saturated rings. The molecule has 2 aliphatic rings. The van der Waals surface area contributed by atoms with Crippen molar-refractivity contribution in [2.24, 2.45) is 5.10 Å². The Hall–Kier alpha value is -2.49. The molecule has 2 rings (SSSR count). The van der Waals surface area contributed by atoms with Crippen LogP contribution in [0.2, 0.25) is 12.6 Å². The first-order valence-corrected chi connectivity index (χ1v) is 10.1. The maximum atomic E-state index is 12.1. The van der Waals surface area contributed by atoms with E-state index in [9.17, 15) is 4.79 Å². The molecule has 0 aromatic carbocycles. The minimum atomic E-state index is -0.351. The van der Waals surface area contributed by atoms with Crippen molar-refractivity contribution in [2.75, 3.05) is 0 Å². The first kappa shape index (κ1) is 23.6. The highest BCUT2D eigenvalue weighted by Gasteiger charge is 2.34. The van der Waals surface area contributed by atoms with Crippen LogP contribution < -0.4 is 10.7 Å². The van der Waals surface area contributed by atoms with E-state index < -0.39 is 0 Å². The summed E-state index contributed by atoms with van der Waals surface area (Å²) in [7, 11) is 0. The van der Waals surface area contributed by atoms with E-state index in [-0.39, 0.29) is 18.7 Å². The van der Waals surface area contributed by atoms with E-state index in [0.29, 0.717) is 12.5 Å². The highest BCUT2D eigenvalue weighted by molar-refractivity contribution is 6.70. The summed E-state index contributed by atoms with van der Waals surface area (Å²) in [6, 6.07) is -0.0379. The van der Waals surface area contributed by atoms with Gasteiger partial charge in [0.25, 0.3) is 12.6 Å². The van der Waals surface area contributed by atoms with E-state index in [2.05, 4.69) is 48.3 Å². The molecule has 28 heavy (non-hydrogen) atoms. The molecule has 0 aliphatic carbocycles. The molecule has 2 N–H and O–H groups in total. The van der Waals surface area contributed by atoms with E-state index in [4.69, 9.17) is 5.26 Å². The van der Waals surface area contributed by atoms with Crippen LogP contribution in [-0.2, 0) is 4.79 Å². The maximum Gasteiger partial charge on any atom is 0.271 e.